The van der Waals surface area contributed by atoms with Gasteiger partial charge in [-0.25, -0.2) is 0 Å². The third-order valence-corrected chi connectivity index (χ3v) is 5.04. The first-order valence-electron chi connectivity index (χ1n) is 6.92. The zero-order valence-corrected chi connectivity index (χ0v) is 13.2. The summed E-state index contributed by atoms with van der Waals surface area (Å²) in [7, 11) is -3.66. The molecule has 0 bridgehead atoms. The summed E-state index contributed by atoms with van der Waals surface area (Å²) >= 11 is 0. The van der Waals surface area contributed by atoms with Gasteiger partial charge < -0.3 is 0 Å². The third-order valence-electron chi connectivity index (χ3n) is 3.49. The minimum atomic E-state index is -3.66. The molecule has 2 aromatic carbocycles. The molecule has 1 heterocycles. The van der Waals surface area contributed by atoms with Crippen LogP contribution in [0.1, 0.15) is 11.1 Å². The van der Waals surface area contributed by atoms with Gasteiger partial charge in [0.2, 0.25) is 0 Å². The Labute approximate surface area is 130 Å². The average Bonchev–Trinajstić information content (AvgIpc) is 2.91. The fourth-order valence-electron chi connectivity index (χ4n) is 2.26. The van der Waals surface area contributed by atoms with Crippen molar-refractivity contribution in [1.82, 2.24) is 9.19 Å². The van der Waals surface area contributed by atoms with Crippen molar-refractivity contribution in [2.75, 3.05) is 0 Å². The number of hydrogen-bond acceptors (Lipinski definition) is 3. The largest absolute Gasteiger partial charge is 0.282 e. The zero-order valence-electron chi connectivity index (χ0n) is 12.4. The fourth-order valence-corrected chi connectivity index (χ4v) is 3.44. The van der Waals surface area contributed by atoms with Crippen LogP contribution in [-0.4, -0.2) is 17.6 Å². The molecule has 1 aromatic heterocycles. The summed E-state index contributed by atoms with van der Waals surface area (Å²) in [6.07, 6.45) is 1.55. The smallest absolute Gasteiger partial charge is 0.199 e. The van der Waals surface area contributed by atoms with Crippen LogP contribution in [0.15, 0.2) is 65.7 Å². The van der Waals surface area contributed by atoms with Crippen LogP contribution in [0.4, 0.5) is 0 Å². The lowest BCUT2D eigenvalue weighted by molar-refractivity contribution is 0.580. The van der Waals surface area contributed by atoms with E-state index in [-0.39, 0.29) is 4.90 Å². The van der Waals surface area contributed by atoms with E-state index in [0.717, 1.165) is 20.8 Å². The van der Waals surface area contributed by atoms with Crippen molar-refractivity contribution in [1.29, 1.82) is 0 Å². The quantitative estimate of drug-likeness (QED) is 0.745. The Bertz CT molecular complexity index is 896. The summed E-state index contributed by atoms with van der Waals surface area (Å²) in [5.74, 6) is 0. The maximum Gasteiger partial charge on any atom is 0.282 e. The van der Waals surface area contributed by atoms with Gasteiger partial charge >= 0.3 is 0 Å². The molecule has 0 aliphatic carbocycles. The third kappa shape index (κ3) is 2.55. The number of hydrogen-bond donors (Lipinski definition) is 0. The standard InChI is InChI=1S/C17H16N2O2S/c1-13-8-10-16(11-9-13)22(20,21)19-12-14(2)17(18-19)15-6-4-3-5-7-15/h3-12H,1-2H3. The molecule has 0 saturated carbocycles. The van der Waals surface area contributed by atoms with E-state index in [2.05, 4.69) is 5.10 Å². The van der Waals surface area contributed by atoms with Gasteiger partial charge in [-0.2, -0.15) is 17.6 Å². The Morgan fingerprint density at radius 1 is 0.909 bits per heavy atom. The van der Waals surface area contributed by atoms with E-state index in [9.17, 15) is 8.42 Å². The molecule has 112 valence electrons. The van der Waals surface area contributed by atoms with Gasteiger partial charge in [0.1, 0.15) is 0 Å². The van der Waals surface area contributed by atoms with Crippen LogP contribution in [0.25, 0.3) is 11.3 Å². The molecular formula is C17H16N2O2S. The minimum absolute atomic E-state index is 0.236. The maximum absolute atomic E-state index is 12.6. The lowest BCUT2D eigenvalue weighted by Crippen LogP contribution is -2.13. The van der Waals surface area contributed by atoms with Gasteiger partial charge in [0.25, 0.3) is 10.0 Å². The van der Waals surface area contributed by atoms with Gasteiger partial charge in [0.05, 0.1) is 10.6 Å². The molecular weight excluding hydrogens is 296 g/mol. The van der Waals surface area contributed by atoms with Crippen LogP contribution in [-0.2, 0) is 10.0 Å². The van der Waals surface area contributed by atoms with E-state index < -0.39 is 10.0 Å². The summed E-state index contributed by atoms with van der Waals surface area (Å²) in [5.41, 5.74) is 3.41. The molecule has 0 aliphatic heterocycles. The normalized spacial score (nSPS) is 11.5. The first kappa shape index (κ1) is 14.5. The Hall–Kier alpha value is -2.40. The lowest BCUT2D eigenvalue weighted by atomic mass is 10.1. The van der Waals surface area contributed by atoms with Crippen molar-refractivity contribution < 1.29 is 8.42 Å². The molecule has 0 spiro atoms. The fraction of sp³-hybridized carbons (Fsp3) is 0.118. The first-order valence-corrected chi connectivity index (χ1v) is 8.36. The van der Waals surface area contributed by atoms with Crippen LogP contribution in [0.5, 0.6) is 0 Å². The van der Waals surface area contributed by atoms with Gasteiger partial charge in [0.15, 0.2) is 0 Å². The number of rotatable bonds is 3. The van der Waals surface area contributed by atoms with Gasteiger partial charge in [-0.15, -0.1) is 0 Å². The van der Waals surface area contributed by atoms with Gasteiger partial charge in [-0.3, -0.25) is 0 Å². The predicted molar refractivity (Wildman–Crippen MR) is 86.2 cm³/mol. The second-order valence-corrected chi connectivity index (χ2v) is 7.01. The molecule has 0 fully saturated rings. The molecule has 3 rings (SSSR count). The summed E-state index contributed by atoms with van der Waals surface area (Å²) in [6, 6.07) is 16.3. The molecule has 4 nitrogen and oxygen atoms in total. The van der Waals surface area contributed by atoms with Crippen molar-refractivity contribution in [3.63, 3.8) is 0 Å². The summed E-state index contributed by atoms with van der Waals surface area (Å²) in [5, 5.41) is 4.28. The van der Waals surface area contributed by atoms with Crippen molar-refractivity contribution in [2.45, 2.75) is 18.7 Å². The topological polar surface area (TPSA) is 52.0 Å². The van der Waals surface area contributed by atoms with Crippen LogP contribution in [0.3, 0.4) is 0 Å². The number of aromatic nitrogens is 2. The van der Waals surface area contributed by atoms with Gasteiger partial charge in [-0.05, 0) is 31.5 Å². The Morgan fingerprint density at radius 2 is 1.55 bits per heavy atom. The Kier molecular flexibility index (Phi) is 3.58. The van der Waals surface area contributed by atoms with Gasteiger partial charge in [0, 0.05) is 11.8 Å². The number of nitrogens with zero attached hydrogens (tertiary/aromatic N) is 2. The molecule has 0 unspecified atom stereocenters. The second kappa shape index (κ2) is 5.42. The summed E-state index contributed by atoms with van der Waals surface area (Å²) < 4.78 is 26.3. The van der Waals surface area contributed by atoms with E-state index in [1.54, 1.807) is 30.5 Å². The maximum atomic E-state index is 12.6. The van der Waals surface area contributed by atoms with Crippen LogP contribution < -0.4 is 0 Å². The van der Waals surface area contributed by atoms with Crippen LogP contribution in [0.2, 0.25) is 0 Å². The van der Waals surface area contributed by atoms with Crippen LogP contribution in [0, 0.1) is 13.8 Å². The van der Waals surface area contributed by atoms with E-state index in [1.165, 1.54) is 0 Å². The Morgan fingerprint density at radius 3 is 2.18 bits per heavy atom. The molecule has 0 aliphatic rings. The molecule has 0 radical (unpaired) electrons. The highest BCUT2D eigenvalue weighted by atomic mass is 32.2. The van der Waals surface area contributed by atoms with Crippen molar-refractivity contribution in [3.05, 3.63) is 71.9 Å². The van der Waals surface area contributed by atoms with Crippen molar-refractivity contribution in [2.24, 2.45) is 0 Å². The molecule has 0 N–H and O–H groups in total. The zero-order chi connectivity index (χ0) is 15.7. The van der Waals surface area contributed by atoms with E-state index >= 15 is 0 Å². The second-order valence-electron chi connectivity index (χ2n) is 5.22. The average molecular weight is 312 g/mol. The van der Waals surface area contributed by atoms with Gasteiger partial charge in [-0.1, -0.05) is 48.0 Å². The minimum Gasteiger partial charge on any atom is -0.199 e. The van der Waals surface area contributed by atoms with E-state index in [1.807, 2.05) is 44.2 Å². The SMILES string of the molecule is Cc1ccc(S(=O)(=O)n2cc(C)c(-c3ccccc3)n2)cc1. The molecule has 0 atom stereocenters. The first-order chi connectivity index (χ1) is 10.5. The molecule has 0 saturated heterocycles. The highest BCUT2D eigenvalue weighted by Gasteiger charge is 2.20. The number of aryl methyl sites for hydroxylation is 2. The Balaban J connectivity index is 2.08. The molecule has 22 heavy (non-hydrogen) atoms. The molecule has 5 heteroatoms. The monoisotopic (exact) mass is 312 g/mol. The summed E-state index contributed by atoms with van der Waals surface area (Å²) in [4.78, 5) is 0.236. The van der Waals surface area contributed by atoms with Crippen LogP contribution >= 0.6 is 0 Å². The van der Waals surface area contributed by atoms with Crippen molar-refractivity contribution >= 4 is 10.0 Å². The van der Waals surface area contributed by atoms with E-state index in [0.29, 0.717) is 5.69 Å². The highest BCUT2D eigenvalue weighted by Crippen LogP contribution is 2.23. The highest BCUT2D eigenvalue weighted by molar-refractivity contribution is 7.89. The molecule has 3 aromatic rings. The predicted octanol–water partition coefficient (Wildman–Crippen LogP) is 3.40. The summed E-state index contributed by atoms with van der Waals surface area (Å²) in [6.45, 7) is 3.78. The lowest BCUT2D eigenvalue weighted by Gasteiger charge is -2.04. The van der Waals surface area contributed by atoms with E-state index in [4.69, 9.17) is 0 Å². The van der Waals surface area contributed by atoms with Crippen molar-refractivity contribution in [3.8, 4) is 11.3 Å². The molecule has 0 amide bonds. The number of benzene rings is 2.